The third kappa shape index (κ3) is 5.59. The van der Waals surface area contributed by atoms with Gasteiger partial charge in [-0.3, -0.25) is 4.79 Å². The Morgan fingerprint density at radius 2 is 1.83 bits per heavy atom. The van der Waals surface area contributed by atoms with Gasteiger partial charge < -0.3 is 9.64 Å². The van der Waals surface area contributed by atoms with Gasteiger partial charge in [-0.25, -0.2) is 12.8 Å². The second-order valence-electron chi connectivity index (χ2n) is 7.60. The van der Waals surface area contributed by atoms with Crippen LogP contribution in [0.1, 0.15) is 38.2 Å². The van der Waals surface area contributed by atoms with Crippen molar-refractivity contribution >= 4 is 15.7 Å². The average Bonchev–Trinajstić information content (AvgIpc) is 2.77. The minimum Gasteiger partial charge on any atom is -0.494 e. The van der Waals surface area contributed by atoms with Gasteiger partial charge in [0.15, 0.2) is 9.84 Å². The number of piperidine rings is 1. The van der Waals surface area contributed by atoms with E-state index < -0.39 is 20.9 Å². The topological polar surface area (TPSA) is 63.7 Å². The van der Waals surface area contributed by atoms with Gasteiger partial charge in [-0.05, 0) is 67.6 Å². The smallest absolute Gasteiger partial charge is 0.222 e. The van der Waals surface area contributed by atoms with Crippen LogP contribution in [0, 0.1) is 5.82 Å². The second-order valence-corrected chi connectivity index (χ2v) is 9.82. The summed E-state index contributed by atoms with van der Waals surface area (Å²) in [5.41, 5.74) is 1.04. The van der Waals surface area contributed by atoms with Crippen LogP contribution < -0.4 is 4.74 Å². The van der Waals surface area contributed by atoms with Crippen molar-refractivity contribution in [2.45, 2.75) is 49.2 Å². The molecule has 1 aliphatic heterocycles. The predicted octanol–water partition coefficient (Wildman–Crippen LogP) is 4.01. The van der Waals surface area contributed by atoms with Crippen LogP contribution in [0.15, 0.2) is 53.4 Å². The Balaban J connectivity index is 1.57. The molecule has 0 radical (unpaired) electrons. The van der Waals surface area contributed by atoms with Gasteiger partial charge in [0.2, 0.25) is 5.91 Å². The fourth-order valence-corrected chi connectivity index (χ4v) is 5.37. The monoisotopic (exact) mass is 433 g/mol. The van der Waals surface area contributed by atoms with E-state index in [1.165, 1.54) is 12.1 Å². The summed E-state index contributed by atoms with van der Waals surface area (Å²) < 4.78 is 44.5. The number of hydrogen-bond acceptors (Lipinski definition) is 4. The van der Waals surface area contributed by atoms with Crippen LogP contribution in [0.25, 0.3) is 0 Å². The van der Waals surface area contributed by atoms with Crippen molar-refractivity contribution < 1.29 is 22.3 Å². The summed E-state index contributed by atoms with van der Waals surface area (Å²) in [6.07, 6.45) is 3.02. The maximum absolute atomic E-state index is 13.1. The number of benzene rings is 2. The molecule has 0 bridgehead atoms. The molecule has 7 heteroatoms. The number of likely N-dealkylation sites (tertiary alicyclic amines) is 1. The van der Waals surface area contributed by atoms with Crippen molar-refractivity contribution in [3.05, 3.63) is 59.9 Å². The van der Waals surface area contributed by atoms with E-state index in [0.29, 0.717) is 38.8 Å². The summed E-state index contributed by atoms with van der Waals surface area (Å²) in [6, 6.07) is 12.6. The normalized spacial score (nSPS) is 17.0. The number of hydrogen-bond donors (Lipinski definition) is 0. The van der Waals surface area contributed by atoms with Crippen molar-refractivity contribution in [3.63, 3.8) is 0 Å². The zero-order valence-corrected chi connectivity index (χ0v) is 18.0. The molecule has 1 aliphatic rings. The Labute approximate surface area is 177 Å². The predicted molar refractivity (Wildman–Crippen MR) is 114 cm³/mol. The Bertz CT molecular complexity index is 942. The standard InChI is InChI=1S/C23H28FNO4S/c1-2-16-29-20-10-5-18(6-11-20)7-14-23(26)25-15-3-4-22(17-25)30(27,28)21-12-8-19(24)9-13-21/h5-6,8-13,22H,2-4,7,14-17H2,1H3/t22-/m1/s1. The first-order valence-corrected chi connectivity index (χ1v) is 11.9. The van der Waals surface area contributed by atoms with Crippen molar-refractivity contribution in [3.8, 4) is 5.75 Å². The van der Waals surface area contributed by atoms with Gasteiger partial charge in [0.1, 0.15) is 11.6 Å². The van der Waals surface area contributed by atoms with Crippen molar-refractivity contribution in [2.24, 2.45) is 0 Å². The molecule has 1 amide bonds. The molecule has 0 aliphatic carbocycles. The van der Waals surface area contributed by atoms with E-state index >= 15 is 0 Å². The van der Waals surface area contributed by atoms with Crippen LogP contribution in [-0.2, 0) is 21.1 Å². The number of halogens is 1. The van der Waals surface area contributed by atoms with Gasteiger partial charge >= 0.3 is 0 Å². The molecule has 30 heavy (non-hydrogen) atoms. The lowest BCUT2D eigenvalue weighted by atomic mass is 10.1. The Hall–Kier alpha value is -2.41. The van der Waals surface area contributed by atoms with E-state index in [1.807, 2.05) is 24.3 Å². The maximum Gasteiger partial charge on any atom is 0.222 e. The molecule has 162 valence electrons. The minimum absolute atomic E-state index is 0.0414. The highest BCUT2D eigenvalue weighted by molar-refractivity contribution is 7.92. The number of ether oxygens (including phenoxy) is 1. The molecule has 0 N–H and O–H groups in total. The van der Waals surface area contributed by atoms with Crippen LogP contribution in [0.5, 0.6) is 5.75 Å². The first kappa shape index (κ1) is 22.3. The number of carbonyl (C=O) groups excluding carboxylic acids is 1. The van der Waals surface area contributed by atoms with E-state index in [2.05, 4.69) is 6.92 Å². The first-order chi connectivity index (χ1) is 14.4. The van der Waals surface area contributed by atoms with Gasteiger partial charge in [0.05, 0.1) is 16.8 Å². The van der Waals surface area contributed by atoms with Crippen LogP contribution >= 0.6 is 0 Å². The third-order valence-corrected chi connectivity index (χ3v) is 7.53. The molecule has 1 heterocycles. The van der Waals surface area contributed by atoms with E-state index in [1.54, 1.807) is 4.90 Å². The molecule has 2 aromatic rings. The van der Waals surface area contributed by atoms with Gasteiger partial charge in [0, 0.05) is 19.5 Å². The lowest BCUT2D eigenvalue weighted by Gasteiger charge is -2.32. The number of aryl methyl sites for hydroxylation is 1. The van der Waals surface area contributed by atoms with Crippen LogP contribution in [0.3, 0.4) is 0 Å². The molecule has 0 saturated carbocycles. The zero-order chi connectivity index (χ0) is 21.6. The van der Waals surface area contributed by atoms with Gasteiger partial charge in [-0.2, -0.15) is 0 Å². The second kappa shape index (κ2) is 10.1. The molecule has 3 rings (SSSR count). The first-order valence-electron chi connectivity index (χ1n) is 10.4. The Kier molecular flexibility index (Phi) is 7.48. The van der Waals surface area contributed by atoms with Gasteiger partial charge in [0.25, 0.3) is 0 Å². The van der Waals surface area contributed by atoms with Crippen molar-refractivity contribution in [1.82, 2.24) is 4.90 Å². The number of sulfone groups is 1. The number of carbonyl (C=O) groups is 1. The highest BCUT2D eigenvalue weighted by atomic mass is 32.2. The molecule has 0 aromatic heterocycles. The summed E-state index contributed by atoms with van der Waals surface area (Å²) in [5, 5.41) is -0.657. The van der Waals surface area contributed by atoms with Crippen LogP contribution in [-0.4, -0.2) is 44.2 Å². The number of nitrogens with zero attached hydrogens (tertiary/aromatic N) is 1. The Morgan fingerprint density at radius 3 is 2.50 bits per heavy atom. The van der Waals surface area contributed by atoms with Crippen LogP contribution in [0.2, 0.25) is 0 Å². The van der Waals surface area contributed by atoms with E-state index in [4.69, 9.17) is 4.74 Å². The molecule has 1 saturated heterocycles. The van der Waals surface area contributed by atoms with Crippen LogP contribution in [0.4, 0.5) is 4.39 Å². The lowest BCUT2D eigenvalue weighted by molar-refractivity contribution is -0.131. The van der Waals surface area contributed by atoms with Crippen molar-refractivity contribution in [1.29, 1.82) is 0 Å². The zero-order valence-electron chi connectivity index (χ0n) is 17.2. The number of amides is 1. The largest absolute Gasteiger partial charge is 0.494 e. The molecular weight excluding hydrogens is 405 g/mol. The molecule has 1 atom stereocenters. The minimum atomic E-state index is -3.60. The van der Waals surface area contributed by atoms with E-state index in [-0.39, 0.29) is 17.3 Å². The van der Waals surface area contributed by atoms with E-state index in [0.717, 1.165) is 29.9 Å². The average molecular weight is 434 g/mol. The van der Waals surface area contributed by atoms with Crippen molar-refractivity contribution in [2.75, 3.05) is 19.7 Å². The summed E-state index contributed by atoms with van der Waals surface area (Å²) >= 11 is 0. The summed E-state index contributed by atoms with van der Waals surface area (Å²) in [5.74, 6) is 0.302. The quantitative estimate of drug-likeness (QED) is 0.590. The third-order valence-electron chi connectivity index (χ3n) is 5.34. The molecule has 5 nitrogen and oxygen atoms in total. The molecule has 2 aromatic carbocycles. The fourth-order valence-electron chi connectivity index (χ4n) is 3.62. The molecular formula is C23H28FNO4S. The van der Waals surface area contributed by atoms with Gasteiger partial charge in [-0.1, -0.05) is 19.1 Å². The lowest BCUT2D eigenvalue weighted by Crippen LogP contribution is -2.45. The van der Waals surface area contributed by atoms with Gasteiger partial charge in [-0.15, -0.1) is 0 Å². The summed E-state index contributed by atoms with van der Waals surface area (Å²) in [7, 11) is -3.60. The summed E-state index contributed by atoms with van der Waals surface area (Å²) in [6.45, 7) is 3.48. The van der Waals surface area contributed by atoms with E-state index in [9.17, 15) is 17.6 Å². The Morgan fingerprint density at radius 1 is 1.13 bits per heavy atom. The fraction of sp³-hybridized carbons (Fsp3) is 0.435. The number of rotatable bonds is 8. The molecule has 0 spiro atoms. The summed E-state index contributed by atoms with van der Waals surface area (Å²) in [4.78, 5) is 14.4. The molecule has 0 unspecified atom stereocenters. The highest BCUT2D eigenvalue weighted by Crippen LogP contribution is 2.25. The maximum atomic E-state index is 13.1. The highest BCUT2D eigenvalue weighted by Gasteiger charge is 2.33. The SMILES string of the molecule is CCCOc1ccc(CCC(=O)N2CCC[C@@H](S(=O)(=O)c3ccc(F)cc3)C2)cc1. The molecule has 1 fully saturated rings.